The van der Waals surface area contributed by atoms with Crippen LogP contribution < -0.4 is 0 Å². The summed E-state index contributed by atoms with van der Waals surface area (Å²) in [6.07, 6.45) is 9.59. The molecule has 0 bridgehead atoms. The number of fused-ring (bicyclic) bond motifs is 1. The first-order valence-electron chi connectivity index (χ1n) is 9.25. The minimum atomic E-state index is 0.129. The van der Waals surface area contributed by atoms with Crippen molar-refractivity contribution in [3.05, 3.63) is 47.2 Å². The summed E-state index contributed by atoms with van der Waals surface area (Å²) >= 11 is 5.94. The molecule has 1 aliphatic heterocycles. The fourth-order valence-electron chi connectivity index (χ4n) is 4.50. The molecule has 1 amide bonds. The van der Waals surface area contributed by atoms with Crippen LogP contribution in [-0.2, 0) is 0 Å². The molecule has 1 aliphatic carbocycles. The average molecular weight is 358 g/mol. The van der Waals surface area contributed by atoms with Crippen molar-refractivity contribution in [2.24, 2.45) is 11.8 Å². The van der Waals surface area contributed by atoms with Gasteiger partial charge in [-0.15, -0.1) is 0 Å². The summed E-state index contributed by atoms with van der Waals surface area (Å²) in [5, 5.41) is 5.07. The number of piperidine rings is 1. The topological polar surface area (TPSA) is 38.1 Å². The number of halogens is 1. The van der Waals surface area contributed by atoms with E-state index in [9.17, 15) is 4.79 Å². The molecule has 2 aliphatic rings. The number of amides is 1. The van der Waals surface area contributed by atoms with Crippen LogP contribution in [0.3, 0.4) is 0 Å². The summed E-state index contributed by atoms with van der Waals surface area (Å²) in [6, 6.07) is 7.88. The number of hydrogen-bond acceptors (Lipinski definition) is 2. The van der Waals surface area contributed by atoms with Gasteiger partial charge in [0.15, 0.2) is 0 Å². The zero-order valence-corrected chi connectivity index (χ0v) is 15.3. The Kier molecular flexibility index (Phi) is 4.55. The number of hydrogen-bond donors (Lipinski definition) is 0. The van der Waals surface area contributed by atoms with Crippen molar-refractivity contribution in [1.29, 1.82) is 0 Å². The number of likely N-dealkylation sites (tertiary alicyclic amines) is 1. The molecule has 0 spiro atoms. The van der Waals surface area contributed by atoms with E-state index in [0.29, 0.717) is 22.5 Å². The Balaban J connectivity index is 1.55. The lowest BCUT2D eigenvalue weighted by atomic mass is 9.72. The molecule has 2 fully saturated rings. The summed E-state index contributed by atoms with van der Waals surface area (Å²) in [4.78, 5) is 15.2. The first kappa shape index (κ1) is 16.6. The van der Waals surface area contributed by atoms with Gasteiger partial charge < -0.3 is 4.90 Å². The summed E-state index contributed by atoms with van der Waals surface area (Å²) in [6.45, 7) is 3.22. The van der Waals surface area contributed by atoms with Crippen LogP contribution in [0.1, 0.15) is 49.4 Å². The zero-order chi connectivity index (χ0) is 17.4. The number of benzene rings is 1. The second kappa shape index (κ2) is 6.83. The van der Waals surface area contributed by atoms with Gasteiger partial charge >= 0.3 is 0 Å². The molecule has 3 atom stereocenters. The van der Waals surface area contributed by atoms with E-state index in [0.717, 1.165) is 31.0 Å². The van der Waals surface area contributed by atoms with Gasteiger partial charge in [0.1, 0.15) is 0 Å². The van der Waals surface area contributed by atoms with E-state index >= 15 is 0 Å². The lowest BCUT2D eigenvalue weighted by molar-refractivity contribution is 0.0218. The summed E-state index contributed by atoms with van der Waals surface area (Å²) < 4.78 is 1.74. The van der Waals surface area contributed by atoms with Crippen molar-refractivity contribution < 1.29 is 4.79 Å². The number of carbonyl (C=O) groups excluding carboxylic acids is 1. The van der Waals surface area contributed by atoms with Crippen LogP contribution in [0.15, 0.2) is 36.7 Å². The van der Waals surface area contributed by atoms with Crippen molar-refractivity contribution in [2.75, 3.05) is 6.54 Å². The fraction of sp³-hybridized carbons (Fsp3) is 0.500. The molecule has 2 heterocycles. The van der Waals surface area contributed by atoms with Crippen LogP contribution in [0.5, 0.6) is 0 Å². The van der Waals surface area contributed by atoms with Gasteiger partial charge in [-0.3, -0.25) is 4.79 Å². The molecule has 0 N–H and O–H groups in total. The van der Waals surface area contributed by atoms with Gasteiger partial charge in [-0.1, -0.05) is 31.4 Å². The monoisotopic (exact) mass is 357 g/mol. The predicted octanol–water partition coefficient (Wildman–Crippen LogP) is 4.57. The molecule has 3 unspecified atom stereocenters. The number of nitrogens with zero attached hydrogens (tertiary/aromatic N) is 3. The van der Waals surface area contributed by atoms with E-state index < -0.39 is 0 Å². The van der Waals surface area contributed by atoms with Crippen LogP contribution in [0.4, 0.5) is 0 Å². The number of carbonyl (C=O) groups is 1. The maximum atomic E-state index is 13.1. The number of rotatable bonds is 2. The molecule has 132 valence electrons. The molecular formula is C20H24ClN3O. The van der Waals surface area contributed by atoms with E-state index in [1.165, 1.54) is 19.3 Å². The van der Waals surface area contributed by atoms with E-state index in [4.69, 9.17) is 11.6 Å². The quantitative estimate of drug-likeness (QED) is 0.789. The smallest absolute Gasteiger partial charge is 0.257 e. The third-order valence-corrected chi connectivity index (χ3v) is 6.17. The van der Waals surface area contributed by atoms with Gasteiger partial charge in [0.25, 0.3) is 5.91 Å². The highest BCUT2D eigenvalue weighted by Gasteiger charge is 2.39. The van der Waals surface area contributed by atoms with Crippen LogP contribution >= 0.6 is 11.6 Å². The predicted molar refractivity (Wildman–Crippen MR) is 99.1 cm³/mol. The lowest BCUT2D eigenvalue weighted by Crippen LogP contribution is -2.52. The summed E-state index contributed by atoms with van der Waals surface area (Å²) in [5.41, 5.74) is 1.58. The number of aromatic nitrogens is 2. The molecular weight excluding hydrogens is 334 g/mol. The molecule has 1 saturated carbocycles. The molecule has 1 saturated heterocycles. The normalized spacial score (nSPS) is 26.3. The first-order valence-corrected chi connectivity index (χ1v) is 9.63. The molecule has 2 aromatic rings. The highest BCUT2D eigenvalue weighted by molar-refractivity contribution is 6.30. The average Bonchev–Trinajstić information content (AvgIpc) is 3.12. The van der Waals surface area contributed by atoms with Crippen LogP contribution in [0, 0.1) is 11.8 Å². The van der Waals surface area contributed by atoms with Gasteiger partial charge in [0.2, 0.25) is 0 Å². The second-order valence-corrected chi connectivity index (χ2v) is 7.87. The highest BCUT2D eigenvalue weighted by Crippen LogP contribution is 2.39. The Labute approximate surface area is 153 Å². The SMILES string of the molecule is CC1CCN(C(=O)c2cnn(-c3ccc(Cl)cc3)c2)C2CCCCC12. The standard InChI is InChI=1S/C20H24ClN3O/c1-14-10-11-23(19-5-3-2-4-18(14)19)20(25)15-12-22-24(13-15)17-8-6-16(21)7-9-17/h6-9,12-14,18-19H,2-5,10-11H2,1H3. The van der Waals surface area contributed by atoms with E-state index in [2.05, 4.69) is 16.9 Å². The van der Waals surface area contributed by atoms with Gasteiger partial charge in [-0.2, -0.15) is 5.10 Å². The minimum absolute atomic E-state index is 0.129. The molecule has 4 nitrogen and oxygen atoms in total. The van der Waals surface area contributed by atoms with Crippen molar-refractivity contribution in [1.82, 2.24) is 14.7 Å². The van der Waals surface area contributed by atoms with Gasteiger partial charge in [0.05, 0.1) is 17.4 Å². The van der Waals surface area contributed by atoms with Crippen LogP contribution in [-0.4, -0.2) is 33.2 Å². The van der Waals surface area contributed by atoms with Crippen molar-refractivity contribution in [3.63, 3.8) is 0 Å². The molecule has 1 aromatic carbocycles. The fourth-order valence-corrected chi connectivity index (χ4v) is 4.63. The molecule has 4 rings (SSSR count). The van der Waals surface area contributed by atoms with Gasteiger partial charge in [-0.25, -0.2) is 4.68 Å². The first-order chi connectivity index (χ1) is 12.1. The molecule has 0 radical (unpaired) electrons. The highest BCUT2D eigenvalue weighted by atomic mass is 35.5. The summed E-state index contributed by atoms with van der Waals surface area (Å²) in [5.74, 6) is 1.52. The Morgan fingerprint density at radius 3 is 2.72 bits per heavy atom. The van der Waals surface area contributed by atoms with E-state index in [-0.39, 0.29) is 5.91 Å². The maximum absolute atomic E-state index is 13.1. The van der Waals surface area contributed by atoms with Crippen molar-refractivity contribution >= 4 is 17.5 Å². The third-order valence-electron chi connectivity index (χ3n) is 5.92. The third kappa shape index (κ3) is 3.20. The maximum Gasteiger partial charge on any atom is 0.257 e. The lowest BCUT2D eigenvalue weighted by Gasteiger charge is -2.47. The second-order valence-electron chi connectivity index (χ2n) is 7.43. The Morgan fingerprint density at radius 2 is 1.92 bits per heavy atom. The zero-order valence-electron chi connectivity index (χ0n) is 14.6. The summed E-state index contributed by atoms with van der Waals surface area (Å²) in [7, 11) is 0. The minimum Gasteiger partial charge on any atom is -0.335 e. The Morgan fingerprint density at radius 1 is 1.16 bits per heavy atom. The van der Waals surface area contributed by atoms with Crippen molar-refractivity contribution in [3.8, 4) is 5.69 Å². The Hall–Kier alpha value is -1.81. The van der Waals surface area contributed by atoms with Gasteiger partial charge in [-0.05, 0) is 55.4 Å². The van der Waals surface area contributed by atoms with Crippen molar-refractivity contribution in [2.45, 2.75) is 45.1 Å². The molecule has 1 aromatic heterocycles. The van der Waals surface area contributed by atoms with Crippen LogP contribution in [0.25, 0.3) is 5.69 Å². The molecule has 5 heteroatoms. The van der Waals surface area contributed by atoms with Crippen LogP contribution in [0.2, 0.25) is 5.02 Å². The van der Waals surface area contributed by atoms with E-state index in [1.807, 2.05) is 30.5 Å². The van der Waals surface area contributed by atoms with Gasteiger partial charge in [0, 0.05) is 23.8 Å². The van der Waals surface area contributed by atoms with E-state index in [1.54, 1.807) is 10.9 Å². The largest absolute Gasteiger partial charge is 0.335 e. The Bertz CT molecular complexity index is 755. The molecule has 25 heavy (non-hydrogen) atoms.